The van der Waals surface area contributed by atoms with Crippen molar-refractivity contribution in [3.8, 4) is 0 Å². The largest absolute Gasteiger partial charge is 0.407 e. The van der Waals surface area contributed by atoms with Crippen molar-refractivity contribution in [2.45, 2.75) is 18.8 Å². The number of alkyl halides is 1. The standard InChI is InChI=1S/C6H8ClN3O3S/c7-3-14(11,12)10-6-9-8-5(13-6)4-1-2-4/h4H,1-3H2,(H,9,10). The highest BCUT2D eigenvalue weighted by Gasteiger charge is 2.29. The maximum absolute atomic E-state index is 11.0. The molecule has 0 aliphatic heterocycles. The summed E-state index contributed by atoms with van der Waals surface area (Å²) < 4.78 is 29.1. The highest BCUT2D eigenvalue weighted by molar-refractivity contribution is 7.93. The van der Waals surface area contributed by atoms with Gasteiger partial charge in [-0.3, -0.25) is 0 Å². The van der Waals surface area contributed by atoms with Crippen LogP contribution in [0.1, 0.15) is 24.7 Å². The lowest BCUT2D eigenvalue weighted by Crippen LogP contribution is -2.13. The Bertz CT molecular complexity index is 425. The summed E-state index contributed by atoms with van der Waals surface area (Å²) in [5.41, 5.74) is 0. The second-order valence-electron chi connectivity index (χ2n) is 3.05. The second-order valence-corrected chi connectivity index (χ2v) is 5.35. The summed E-state index contributed by atoms with van der Waals surface area (Å²) in [7, 11) is -3.55. The van der Waals surface area contributed by atoms with Gasteiger partial charge in [-0.2, -0.15) is 0 Å². The maximum Gasteiger partial charge on any atom is 0.329 e. The van der Waals surface area contributed by atoms with Crippen molar-refractivity contribution in [1.82, 2.24) is 10.2 Å². The molecule has 1 aromatic heterocycles. The van der Waals surface area contributed by atoms with Crippen molar-refractivity contribution < 1.29 is 12.8 Å². The van der Waals surface area contributed by atoms with Gasteiger partial charge in [0.05, 0.1) is 0 Å². The Labute approximate surface area is 85.7 Å². The molecule has 0 unspecified atom stereocenters. The van der Waals surface area contributed by atoms with E-state index in [0.717, 1.165) is 12.8 Å². The van der Waals surface area contributed by atoms with E-state index in [2.05, 4.69) is 14.9 Å². The molecule has 0 aromatic carbocycles. The molecule has 1 heterocycles. The summed E-state index contributed by atoms with van der Waals surface area (Å²) in [5, 5.41) is 6.72. The highest BCUT2D eigenvalue weighted by Crippen LogP contribution is 2.39. The first-order valence-electron chi connectivity index (χ1n) is 4.00. The molecule has 1 aliphatic rings. The van der Waals surface area contributed by atoms with E-state index >= 15 is 0 Å². The number of hydrogen-bond acceptors (Lipinski definition) is 5. The number of nitrogens with one attached hydrogen (secondary N) is 1. The molecular weight excluding hydrogens is 230 g/mol. The Hall–Kier alpha value is -0.820. The Morgan fingerprint density at radius 3 is 2.79 bits per heavy atom. The third-order valence-corrected chi connectivity index (χ3v) is 3.39. The lowest BCUT2D eigenvalue weighted by Gasteiger charge is -1.97. The number of sulfonamides is 1. The van der Waals surface area contributed by atoms with Crippen LogP contribution >= 0.6 is 11.6 Å². The van der Waals surface area contributed by atoms with Crippen LogP contribution < -0.4 is 4.72 Å². The Balaban J connectivity index is 2.09. The molecule has 14 heavy (non-hydrogen) atoms. The van der Waals surface area contributed by atoms with Gasteiger partial charge in [0.1, 0.15) is 5.21 Å². The first-order chi connectivity index (χ1) is 6.61. The molecule has 1 N–H and O–H groups in total. The molecule has 78 valence electrons. The van der Waals surface area contributed by atoms with E-state index in [9.17, 15) is 8.42 Å². The number of aromatic nitrogens is 2. The van der Waals surface area contributed by atoms with Gasteiger partial charge in [-0.1, -0.05) is 5.10 Å². The van der Waals surface area contributed by atoms with Crippen molar-refractivity contribution in [2.24, 2.45) is 0 Å². The summed E-state index contributed by atoms with van der Waals surface area (Å²) in [6.45, 7) is 0. The Morgan fingerprint density at radius 2 is 2.21 bits per heavy atom. The van der Waals surface area contributed by atoms with Gasteiger partial charge in [-0.15, -0.1) is 16.7 Å². The number of rotatable bonds is 4. The molecule has 1 saturated carbocycles. The van der Waals surface area contributed by atoms with E-state index < -0.39 is 15.2 Å². The molecule has 0 saturated heterocycles. The fourth-order valence-electron chi connectivity index (χ4n) is 0.931. The zero-order chi connectivity index (χ0) is 10.2. The number of hydrogen-bond donors (Lipinski definition) is 1. The SMILES string of the molecule is O=S(=O)(CCl)Nc1nnc(C2CC2)o1. The zero-order valence-corrected chi connectivity index (χ0v) is 8.68. The predicted molar refractivity (Wildman–Crippen MR) is 49.5 cm³/mol. The summed E-state index contributed by atoms with van der Waals surface area (Å²) in [5.74, 6) is 0.786. The first-order valence-corrected chi connectivity index (χ1v) is 6.19. The summed E-state index contributed by atoms with van der Waals surface area (Å²) in [6, 6.07) is -0.118. The van der Waals surface area contributed by atoms with Crippen molar-refractivity contribution in [2.75, 3.05) is 9.93 Å². The van der Waals surface area contributed by atoms with E-state index in [4.69, 9.17) is 16.0 Å². The average Bonchev–Trinajstić information content (AvgIpc) is 2.89. The normalized spacial score (nSPS) is 16.9. The molecule has 1 aliphatic carbocycles. The van der Waals surface area contributed by atoms with Gasteiger partial charge < -0.3 is 4.42 Å². The molecule has 0 radical (unpaired) electrons. The molecule has 0 atom stereocenters. The molecule has 1 fully saturated rings. The Kier molecular flexibility index (Phi) is 2.36. The molecule has 8 heteroatoms. The van der Waals surface area contributed by atoms with Crippen LogP contribution in [0.3, 0.4) is 0 Å². The van der Waals surface area contributed by atoms with Crippen LogP contribution in [0.5, 0.6) is 0 Å². The molecule has 1 aromatic rings. The van der Waals surface area contributed by atoms with Crippen LogP contribution in [0.15, 0.2) is 4.42 Å². The minimum absolute atomic E-state index is 0.118. The van der Waals surface area contributed by atoms with E-state index in [1.54, 1.807) is 0 Å². The molecule has 2 rings (SSSR count). The lowest BCUT2D eigenvalue weighted by molar-refractivity contribution is 0.511. The first kappa shape index (κ1) is 9.72. The van der Waals surface area contributed by atoms with Crippen LogP contribution in [-0.4, -0.2) is 23.8 Å². The van der Waals surface area contributed by atoms with Gasteiger partial charge >= 0.3 is 6.01 Å². The molecule has 0 amide bonds. The fraction of sp³-hybridized carbons (Fsp3) is 0.667. The van der Waals surface area contributed by atoms with E-state index in [0.29, 0.717) is 11.8 Å². The third kappa shape index (κ3) is 2.16. The minimum Gasteiger partial charge on any atom is -0.407 e. The van der Waals surface area contributed by atoms with Crippen LogP contribution in [-0.2, 0) is 10.0 Å². The zero-order valence-electron chi connectivity index (χ0n) is 7.10. The highest BCUT2D eigenvalue weighted by atomic mass is 35.5. The molecule has 0 spiro atoms. The fourth-order valence-corrected chi connectivity index (χ4v) is 1.50. The van der Waals surface area contributed by atoms with Crippen molar-refractivity contribution >= 4 is 27.6 Å². The van der Waals surface area contributed by atoms with Crippen LogP contribution in [0.2, 0.25) is 0 Å². The maximum atomic E-state index is 11.0. The number of halogens is 1. The second kappa shape index (κ2) is 3.39. The van der Waals surface area contributed by atoms with Crippen molar-refractivity contribution in [3.05, 3.63) is 5.89 Å². The molecule has 6 nitrogen and oxygen atoms in total. The summed E-state index contributed by atoms with van der Waals surface area (Å²) in [6.07, 6.45) is 2.04. The van der Waals surface area contributed by atoms with Gasteiger partial charge in [-0.05, 0) is 12.8 Å². The van der Waals surface area contributed by atoms with E-state index in [1.807, 2.05) is 0 Å². The predicted octanol–water partition coefficient (Wildman–Crippen LogP) is 0.885. The quantitative estimate of drug-likeness (QED) is 0.786. The lowest BCUT2D eigenvalue weighted by atomic mass is 10.4. The Morgan fingerprint density at radius 1 is 1.50 bits per heavy atom. The third-order valence-electron chi connectivity index (χ3n) is 1.75. The summed E-state index contributed by atoms with van der Waals surface area (Å²) >= 11 is 5.18. The van der Waals surface area contributed by atoms with Gasteiger partial charge in [0, 0.05) is 5.92 Å². The smallest absolute Gasteiger partial charge is 0.329 e. The molecule has 0 bridgehead atoms. The topological polar surface area (TPSA) is 85.1 Å². The number of anilines is 1. The van der Waals surface area contributed by atoms with E-state index in [-0.39, 0.29) is 6.01 Å². The van der Waals surface area contributed by atoms with Crippen molar-refractivity contribution in [1.29, 1.82) is 0 Å². The molecular formula is C6H8ClN3O3S. The van der Waals surface area contributed by atoms with Crippen molar-refractivity contribution in [3.63, 3.8) is 0 Å². The average molecular weight is 238 g/mol. The van der Waals surface area contributed by atoms with Gasteiger partial charge in [0.15, 0.2) is 0 Å². The van der Waals surface area contributed by atoms with Crippen LogP contribution in [0, 0.1) is 0 Å². The summed E-state index contributed by atoms with van der Waals surface area (Å²) in [4.78, 5) is 0. The van der Waals surface area contributed by atoms with Gasteiger partial charge in [-0.25, -0.2) is 13.1 Å². The number of nitrogens with zero attached hydrogens (tertiary/aromatic N) is 2. The monoisotopic (exact) mass is 237 g/mol. The van der Waals surface area contributed by atoms with Crippen LogP contribution in [0.4, 0.5) is 6.01 Å². The van der Waals surface area contributed by atoms with Gasteiger partial charge in [0.2, 0.25) is 15.9 Å². The van der Waals surface area contributed by atoms with Gasteiger partial charge in [0.25, 0.3) is 0 Å². The minimum atomic E-state index is -3.55. The van der Waals surface area contributed by atoms with E-state index in [1.165, 1.54) is 0 Å². The van der Waals surface area contributed by atoms with Crippen LogP contribution in [0.25, 0.3) is 0 Å².